The Bertz CT molecular complexity index is 580. The van der Waals surface area contributed by atoms with Gasteiger partial charge >= 0.3 is 0 Å². The summed E-state index contributed by atoms with van der Waals surface area (Å²) in [5.74, 6) is 0.451. The van der Waals surface area contributed by atoms with Crippen molar-refractivity contribution >= 4 is 17.1 Å². The third kappa shape index (κ3) is 2.86. The quantitative estimate of drug-likeness (QED) is 0.801. The highest BCUT2D eigenvalue weighted by molar-refractivity contribution is 7.14. The number of carbonyl (C=O) groups excluding carboxylic acids is 1. The van der Waals surface area contributed by atoms with Crippen molar-refractivity contribution in [1.29, 1.82) is 0 Å². The van der Waals surface area contributed by atoms with Crippen molar-refractivity contribution < 1.29 is 9.21 Å². The molecule has 1 aliphatic rings. The minimum Gasteiger partial charge on any atom is -0.461 e. The van der Waals surface area contributed by atoms with Gasteiger partial charge < -0.3 is 4.42 Å². The minimum atomic E-state index is 0.0140. The largest absolute Gasteiger partial charge is 0.461 e. The molecular formula is C16H19NO2S. The molecule has 1 saturated heterocycles. The highest BCUT2D eigenvalue weighted by Crippen LogP contribution is 2.27. The maximum atomic E-state index is 12.5. The van der Waals surface area contributed by atoms with Crippen LogP contribution in [0.25, 0.3) is 0 Å². The molecule has 0 atom stereocenters. The monoisotopic (exact) mass is 289 g/mol. The lowest BCUT2D eigenvalue weighted by molar-refractivity contribution is 0.101. The molecule has 1 aliphatic heterocycles. The lowest BCUT2D eigenvalue weighted by Crippen LogP contribution is -2.29. The van der Waals surface area contributed by atoms with Gasteiger partial charge in [-0.1, -0.05) is 6.42 Å². The van der Waals surface area contributed by atoms with Crippen LogP contribution in [0.2, 0.25) is 0 Å². The molecule has 1 fully saturated rings. The second-order valence-electron chi connectivity index (χ2n) is 5.35. The molecule has 0 aromatic carbocycles. The maximum absolute atomic E-state index is 12.5. The van der Waals surface area contributed by atoms with Crippen LogP contribution in [0.3, 0.4) is 0 Å². The molecule has 106 valence electrons. The first-order valence-electron chi connectivity index (χ1n) is 7.14. The predicted octanol–water partition coefficient (Wildman–Crippen LogP) is 3.87. The van der Waals surface area contributed by atoms with Gasteiger partial charge in [0.25, 0.3) is 0 Å². The van der Waals surface area contributed by atoms with E-state index >= 15 is 0 Å². The average Bonchev–Trinajstić information content (AvgIpc) is 3.09. The van der Waals surface area contributed by atoms with Crippen LogP contribution in [0.4, 0.5) is 0 Å². The number of piperidine rings is 1. The van der Waals surface area contributed by atoms with Gasteiger partial charge in [0.1, 0.15) is 0 Å². The zero-order valence-corrected chi connectivity index (χ0v) is 12.5. The van der Waals surface area contributed by atoms with Crippen LogP contribution in [0, 0.1) is 6.92 Å². The molecule has 0 aliphatic carbocycles. The normalized spacial score (nSPS) is 16.4. The van der Waals surface area contributed by atoms with Gasteiger partial charge in [0.05, 0.1) is 11.1 Å². The van der Waals surface area contributed by atoms with Crippen LogP contribution in [0.1, 0.15) is 45.1 Å². The van der Waals surface area contributed by atoms with Crippen molar-refractivity contribution in [3.8, 4) is 0 Å². The molecule has 0 bridgehead atoms. The molecule has 3 nitrogen and oxygen atoms in total. The first-order valence-corrected chi connectivity index (χ1v) is 7.95. The van der Waals surface area contributed by atoms with E-state index in [1.807, 2.05) is 0 Å². The van der Waals surface area contributed by atoms with E-state index in [1.165, 1.54) is 24.1 Å². The molecule has 0 amide bonds. The summed E-state index contributed by atoms with van der Waals surface area (Å²) in [6.07, 6.45) is 5.42. The number of thiophene rings is 1. The Balaban J connectivity index is 1.82. The number of rotatable bonds is 4. The summed E-state index contributed by atoms with van der Waals surface area (Å²) >= 11 is 1.57. The van der Waals surface area contributed by atoms with Crippen LogP contribution < -0.4 is 0 Å². The molecule has 0 unspecified atom stereocenters. The van der Waals surface area contributed by atoms with Gasteiger partial charge in [-0.05, 0) is 56.6 Å². The third-order valence-electron chi connectivity index (χ3n) is 3.73. The zero-order chi connectivity index (χ0) is 13.9. The number of nitrogens with zero attached hydrogens (tertiary/aromatic N) is 1. The van der Waals surface area contributed by atoms with Crippen molar-refractivity contribution in [3.63, 3.8) is 0 Å². The Morgan fingerprint density at radius 2 is 2.15 bits per heavy atom. The van der Waals surface area contributed by atoms with Gasteiger partial charge in [-0.2, -0.15) is 0 Å². The number of carbonyl (C=O) groups is 1. The van der Waals surface area contributed by atoms with E-state index in [9.17, 15) is 4.79 Å². The Morgan fingerprint density at radius 3 is 2.85 bits per heavy atom. The van der Waals surface area contributed by atoms with Gasteiger partial charge in [0.2, 0.25) is 5.78 Å². The van der Waals surface area contributed by atoms with Crippen molar-refractivity contribution in [2.75, 3.05) is 13.1 Å². The van der Waals surface area contributed by atoms with Crippen LogP contribution >= 0.6 is 11.3 Å². The van der Waals surface area contributed by atoms with Gasteiger partial charge in [-0.3, -0.25) is 9.69 Å². The van der Waals surface area contributed by atoms with E-state index in [2.05, 4.69) is 17.9 Å². The zero-order valence-electron chi connectivity index (χ0n) is 11.7. The Hall–Kier alpha value is -1.39. The fraction of sp³-hybridized carbons (Fsp3) is 0.438. The van der Waals surface area contributed by atoms with E-state index in [4.69, 9.17) is 4.42 Å². The Morgan fingerprint density at radius 1 is 1.35 bits per heavy atom. The second kappa shape index (κ2) is 5.94. The SMILES string of the molecule is Cc1cc(CN2CCCCC2)c(C(=O)c2ccco2)s1. The smallest absolute Gasteiger partial charge is 0.238 e. The first kappa shape index (κ1) is 13.6. The predicted molar refractivity (Wildman–Crippen MR) is 80.3 cm³/mol. The minimum absolute atomic E-state index is 0.0140. The van der Waals surface area contributed by atoms with Gasteiger partial charge in [0, 0.05) is 11.4 Å². The van der Waals surface area contributed by atoms with E-state index in [-0.39, 0.29) is 5.78 Å². The van der Waals surface area contributed by atoms with Crippen molar-refractivity contribution in [1.82, 2.24) is 4.90 Å². The summed E-state index contributed by atoms with van der Waals surface area (Å²) in [6.45, 7) is 5.22. The number of aryl methyl sites for hydroxylation is 1. The molecule has 3 heterocycles. The van der Waals surface area contributed by atoms with Crippen molar-refractivity contribution in [3.05, 3.63) is 45.5 Å². The third-order valence-corrected chi connectivity index (χ3v) is 4.82. The van der Waals surface area contributed by atoms with E-state index in [0.29, 0.717) is 5.76 Å². The van der Waals surface area contributed by atoms with Gasteiger partial charge in [0.15, 0.2) is 5.76 Å². The van der Waals surface area contributed by atoms with E-state index < -0.39 is 0 Å². The van der Waals surface area contributed by atoms with Gasteiger partial charge in [-0.15, -0.1) is 11.3 Å². The Kier molecular flexibility index (Phi) is 4.03. The summed E-state index contributed by atoms with van der Waals surface area (Å²) in [6, 6.07) is 5.65. The molecular weight excluding hydrogens is 270 g/mol. The molecule has 20 heavy (non-hydrogen) atoms. The number of ketones is 1. The van der Waals surface area contributed by atoms with Crippen molar-refractivity contribution in [2.45, 2.75) is 32.7 Å². The molecule has 4 heteroatoms. The first-order chi connectivity index (χ1) is 9.74. The summed E-state index contributed by atoms with van der Waals surface area (Å²) in [5, 5.41) is 0. The lowest BCUT2D eigenvalue weighted by atomic mass is 10.1. The summed E-state index contributed by atoms with van der Waals surface area (Å²) in [7, 11) is 0. The van der Waals surface area contributed by atoms with E-state index in [1.54, 1.807) is 29.7 Å². The van der Waals surface area contributed by atoms with Crippen molar-refractivity contribution in [2.24, 2.45) is 0 Å². The standard InChI is InChI=1S/C16H19NO2S/c1-12-10-13(11-17-7-3-2-4-8-17)16(20-12)15(18)14-6-5-9-19-14/h5-6,9-10H,2-4,7-8,11H2,1H3. The molecule has 0 saturated carbocycles. The topological polar surface area (TPSA) is 33.5 Å². The van der Waals surface area contributed by atoms with Crippen LogP contribution in [-0.4, -0.2) is 23.8 Å². The number of hydrogen-bond acceptors (Lipinski definition) is 4. The van der Waals surface area contributed by atoms with Crippen LogP contribution in [0.5, 0.6) is 0 Å². The summed E-state index contributed by atoms with van der Waals surface area (Å²) < 4.78 is 5.25. The van der Waals surface area contributed by atoms with Crippen LogP contribution in [0.15, 0.2) is 28.9 Å². The number of hydrogen-bond donors (Lipinski definition) is 0. The molecule has 2 aromatic rings. The average molecular weight is 289 g/mol. The Labute approximate surface area is 123 Å². The molecule has 0 N–H and O–H groups in total. The molecule has 2 aromatic heterocycles. The number of likely N-dealkylation sites (tertiary alicyclic amines) is 1. The second-order valence-corrected chi connectivity index (χ2v) is 6.61. The number of furan rings is 1. The fourth-order valence-electron chi connectivity index (χ4n) is 2.75. The fourth-order valence-corrected chi connectivity index (χ4v) is 3.73. The van der Waals surface area contributed by atoms with E-state index in [0.717, 1.165) is 30.1 Å². The lowest BCUT2D eigenvalue weighted by Gasteiger charge is -2.26. The summed E-state index contributed by atoms with van der Waals surface area (Å²) in [4.78, 5) is 17.0. The van der Waals surface area contributed by atoms with Gasteiger partial charge in [-0.25, -0.2) is 0 Å². The highest BCUT2D eigenvalue weighted by Gasteiger charge is 2.21. The summed E-state index contributed by atoms with van der Waals surface area (Å²) in [5.41, 5.74) is 1.15. The molecule has 0 radical (unpaired) electrons. The maximum Gasteiger partial charge on any atom is 0.238 e. The molecule has 0 spiro atoms. The molecule has 3 rings (SSSR count). The highest BCUT2D eigenvalue weighted by atomic mass is 32.1. The van der Waals surface area contributed by atoms with Crippen LogP contribution in [-0.2, 0) is 6.54 Å².